The number of allylic oxidation sites excluding steroid dienone is 2. The van der Waals surface area contributed by atoms with Gasteiger partial charge in [-0.2, -0.15) is 0 Å². The van der Waals surface area contributed by atoms with Crippen LogP contribution in [0.3, 0.4) is 0 Å². The molecular formula is C17H23N3O7. The zero-order valence-electron chi connectivity index (χ0n) is 15.3. The molecule has 0 aromatic heterocycles. The van der Waals surface area contributed by atoms with Crippen LogP contribution in [-0.4, -0.2) is 77.4 Å². The molecule has 0 spiro atoms. The summed E-state index contributed by atoms with van der Waals surface area (Å²) in [6.07, 6.45) is -1.33. The van der Waals surface area contributed by atoms with Crippen molar-refractivity contribution >= 4 is 17.7 Å². The predicted molar refractivity (Wildman–Crippen MR) is 91.3 cm³/mol. The number of nitrogens with two attached hydrogens (primary N) is 1. The molecule has 27 heavy (non-hydrogen) atoms. The third-order valence-electron chi connectivity index (χ3n) is 5.45. The maximum atomic E-state index is 12.9. The number of aliphatic hydroxyl groups excluding tert-OH is 1. The summed E-state index contributed by atoms with van der Waals surface area (Å²) in [7, 11) is 1.56. The molecule has 1 aliphatic carbocycles. The Morgan fingerprint density at radius 1 is 1.41 bits per heavy atom. The van der Waals surface area contributed by atoms with E-state index in [1.165, 1.54) is 0 Å². The lowest BCUT2D eigenvalue weighted by Crippen LogP contribution is -2.54. The molecule has 5 N–H and O–H groups in total. The van der Waals surface area contributed by atoms with E-state index >= 15 is 0 Å². The fourth-order valence-corrected chi connectivity index (χ4v) is 4.44. The van der Waals surface area contributed by atoms with Crippen molar-refractivity contribution in [2.75, 3.05) is 26.9 Å². The van der Waals surface area contributed by atoms with E-state index < -0.39 is 17.7 Å². The predicted octanol–water partition coefficient (Wildman–Crippen LogP) is -1.05. The molecule has 10 nitrogen and oxygen atoms in total. The molecule has 0 saturated carbocycles. The van der Waals surface area contributed by atoms with Crippen molar-refractivity contribution < 1.29 is 34.1 Å². The van der Waals surface area contributed by atoms with Crippen LogP contribution in [0.15, 0.2) is 22.6 Å². The molecule has 1 amide bonds. The standard InChI is InChI=1S/C16H20N2O5.CH3NO2/c1-4-23-14-7(2)12(20)11-10(13(14)21)8(6-19)16(22-3)15-9(17-15)5-18(11)16;2-1(3)4/h8-9,15,17,19H,4-6H2,1-3H3;2H2,(H,3,4). The quantitative estimate of drug-likeness (QED) is 0.351. The van der Waals surface area contributed by atoms with Crippen LogP contribution < -0.4 is 11.1 Å². The number of hydrogen-bond donors (Lipinski definition) is 4. The minimum atomic E-state index is -1.33. The summed E-state index contributed by atoms with van der Waals surface area (Å²) >= 11 is 0. The highest BCUT2D eigenvalue weighted by Crippen LogP contribution is 2.55. The fraction of sp³-hybridized carbons (Fsp3) is 0.588. The van der Waals surface area contributed by atoms with Crippen molar-refractivity contribution in [2.45, 2.75) is 31.7 Å². The minimum absolute atomic E-state index is 0.0201. The number of fused-ring (bicyclic) bond motifs is 4. The SMILES string of the molecule is CCOC1=C(C)C(=O)C2=C(C1=O)C(CO)C1(OC)C3NC3CN21.NC(=O)O. The highest BCUT2D eigenvalue weighted by atomic mass is 16.5. The summed E-state index contributed by atoms with van der Waals surface area (Å²) in [6, 6.07) is 0.255. The Hall–Kier alpha value is -2.43. The molecule has 2 saturated heterocycles. The molecule has 4 unspecified atom stereocenters. The van der Waals surface area contributed by atoms with Gasteiger partial charge in [0.25, 0.3) is 0 Å². The number of rotatable bonds is 4. The van der Waals surface area contributed by atoms with Crippen LogP contribution in [0.25, 0.3) is 0 Å². The van der Waals surface area contributed by atoms with Crippen molar-refractivity contribution in [3.63, 3.8) is 0 Å². The number of hydrogen-bond acceptors (Lipinski definition) is 8. The molecule has 0 aromatic carbocycles. The molecule has 4 rings (SSSR count). The number of ketones is 2. The Kier molecular flexibility index (Phi) is 4.74. The zero-order valence-corrected chi connectivity index (χ0v) is 15.3. The number of carbonyl (C=O) groups excluding carboxylic acids is 2. The van der Waals surface area contributed by atoms with E-state index in [1.54, 1.807) is 21.0 Å². The van der Waals surface area contributed by atoms with Crippen LogP contribution in [-0.2, 0) is 19.1 Å². The third-order valence-corrected chi connectivity index (χ3v) is 5.45. The molecule has 0 bridgehead atoms. The summed E-state index contributed by atoms with van der Waals surface area (Å²) in [5, 5.41) is 20.5. The van der Waals surface area contributed by atoms with Crippen molar-refractivity contribution in [1.82, 2.24) is 10.2 Å². The molecule has 0 radical (unpaired) electrons. The van der Waals surface area contributed by atoms with E-state index in [4.69, 9.17) is 19.4 Å². The van der Waals surface area contributed by atoms with E-state index in [0.29, 0.717) is 30.0 Å². The Bertz CT molecular complexity index is 770. The average Bonchev–Trinajstić information content (AvgIpc) is 3.22. The third kappa shape index (κ3) is 2.55. The van der Waals surface area contributed by atoms with Crippen LogP contribution in [0.1, 0.15) is 13.8 Å². The van der Waals surface area contributed by atoms with E-state index in [-0.39, 0.29) is 36.0 Å². The molecule has 3 aliphatic heterocycles. The Balaban J connectivity index is 0.000000481. The molecule has 0 aromatic rings. The zero-order chi connectivity index (χ0) is 20.1. The molecule has 3 heterocycles. The number of Topliss-reactive ketones (excluding diaryl/α,β-unsaturated/α-hetero) is 2. The van der Waals surface area contributed by atoms with Crippen molar-refractivity contribution in [3.05, 3.63) is 22.6 Å². The van der Waals surface area contributed by atoms with Gasteiger partial charge in [0.2, 0.25) is 11.6 Å². The van der Waals surface area contributed by atoms with Gasteiger partial charge in [-0.3, -0.25) is 9.59 Å². The number of carboxylic acid groups (broad SMARTS) is 1. The monoisotopic (exact) mass is 381 g/mol. The Morgan fingerprint density at radius 2 is 2.04 bits per heavy atom. The number of nitrogens with zero attached hydrogens (tertiary/aromatic N) is 1. The maximum absolute atomic E-state index is 12.9. The van der Waals surface area contributed by atoms with Crippen LogP contribution in [0.4, 0.5) is 4.79 Å². The van der Waals surface area contributed by atoms with E-state index in [0.717, 1.165) is 0 Å². The number of methoxy groups -OCH3 is 1. The second kappa shape index (κ2) is 6.63. The first-order valence-corrected chi connectivity index (χ1v) is 8.61. The summed E-state index contributed by atoms with van der Waals surface area (Å²) < 4.78 is 11.2. The van der Waals surface area contributed by atoms with Gasteiger partial charge < -0.3 is 35.6 Å². The van der Waals surface area contributed by atoms with Gasteiger partial charge in [0.15, 0.2) is 11.5 Å². The van der Waals surface area contributed by atoms with E-state index in [2.05, 4.69) is 11.1 Å². The first-order chi connectivity index (χ1) is 12.8. The highest BCUT2D eigenvalue weighted by Gasteiger charge is 2.72. The lowest BCUT2D eigenvalue weighted by molar-refractivity contribution is -0.137. The number of carbonyl (C=O) groups is 3. The number of ether oxygens (including phenoxy) is 2. The van der Waals surface area contributed by atoms with Crippen LogP contribution in [0.5, 0.6) is 0 Å². The van der Waals surface area contributed by atoms with Gasteiger partial charge >= 0.3 is 6.09 Å². The molecule has 4 aliphatic rings. The second-order valence-electron chi connectivity index (χ2n) is 6.70. The second-order valence-corrected chi connectivity index (χ2v) is 6.70. The van der Waals surface area contributed by atoms with Gasteiger partial charge in [-0.15, -0.1) is 0 Å². The molecule has 10 heteroatoms. The van der Waals surface area contributed by atoms with Gasteiger partial charge in [0, 0.05) is 30.8 Å². The van der Waals surface area contributed by atoms with Crippen molar-refractivity contribution in [3.8, 4) is 0 Å². The maximum Gasteiger partial charge on any atom is 0.402 e. The van der Waals surface area contributed by atoms with E-state index in [9.17, 15) is 14.7 Å². The summed E-state index contributed by atoms with van der Waals surface area (Å²) in [5.41, 5.74) is 4.20. The number of piperazine rings is 1. The normalized spacial score (nSPS) is 33.3. The minimum Gasteiger partial charge on any atom is -0.489 e. The van der Waals surface area contributed by atoms with Gasteiger partial charge in [0.05, 0.1) is 30.9 Å². The lowest BCUT2D eigenvalue weighted by Gasteiger charge is -2.39. The van der Waals surface area contributed by atoms with Gasteiger partial charge in [-0.05, 0) is 13.8 Å². The lowest BCUT2D eigenvalue weighted by atomic mass is 9.83. The van der Waals surface area contributed by atoms with E-state index in [1.807, 2.05) is 4.90 Å². The Morgan fingerprint density at radius 3 is 2.56 bits per heavy atom. The van der Waals surface area contributed by atoms with Crippen LogP contribution in [0.2, 0.25) is 0 Å². The largest absolute Gasteiger partial charge is 0.489 e. The average molecular weight is 381 g/mol. The van der Waals surface area contributed by atoms with Crippen molar-refractivity contribution in [2.24, 2.45) is 11.7 Å². The fourth-order valence-electron chi connectivity index (χ4n) is 4.44. The van der Waals surface area contributed by atoms with Crippen LogP contribution >= 0.6 is 0 Å². The highest BCUT2D eigenvalue weighted by molar-refractivity contribution is 6.25. The number of nitrogens with one attached hydrogen (secondary N) is 1. The Labute approximate surface area is 155 Å². The molecule has 148 valence electrons. The summed E-state index contributed by atoms with van der Waals surface area (Å²) in [4.78, 5) is 36.5. The van der Waals surface area contributed by atoms with Gasteiger partial charge in [-0.25, -0.2) is 4.79 Å². The molecule has 2 fully saturated rings. The van der Waals surface area contributed by atoms with Gasteiger partial charge in [0.1, 0.15) is 0 Å². The number of aliphatic hydroxyl groups is 1. The van der Waals surface area contributed by atoms with Crippen LogP contribution in [0, 0.1) is 5.92 Å². The number of amides is 1. The molecular weight excluding hydrogens is 358 g/mol. The summed E-state index contributed by atoms with van der Waals surface area (Å²) in [5.74, 6) is -0.974. The topological polar surface area (TPSA) is 161 Å². The first kappa shape index (κ1) is 19.3. The smallest absolute Gasteiger partial charge is 0.402 e. The van der Waals surface area contributed by atoms with Crippen molar-refractivity contribution in [1.29, 1.82) is 0 Å². The van der Waals surface area contributed by atoms with Gasteiger partial charge in [-0.1, -0.05) is 0 Å². The summed E-state index contributed by atoms with van der Waals surface area (Å²) in [6.45, 7) is 4.04. The number of primary amides is 1. The first-order valence-electron chi connectivity index (χ1n) is 8.61. The molecule has 4 atom stereocenters.